The second-order valence-electron chi connectivity index (χ2n) is 4.89. The van der Waals surface area contributed by atoms with Gasteiger partial charge in [0, 0.05) is 23.7 Å². The highest BCUT2D eigenvalue weighted by Crippen LogP contribution is 2.25. The fourth-order valence-corrected chi connectivity index (χ4v) is 1.80. The number of ether oxygens (including phenoxy) is 3. The van der Waals surface area contributed by atoms with E-state index >= 15 is 0 Å². The summed E-state index contributed by atoms with van der Waals surface area (Å²) in [4.78, 5) is 23.0. The molecule has 0 heterocycles. The standard InChI is InChI=1S/C16H19NO5/c1-20-13-7-3-11(14(9-13)21-2)4-8-16(19)22-10-15(18)17-12-5-6-12/h3-4,7-9,12H,5-6,10H2,1-2H3,(H,17,18)/b8-4+. The summed E-state index contributed by atoms with van der Waals surface area (Å²) in [6, 6.07) is 5.50. The highest BCUT2D eigenvalue weighted by molar-refractivity contribution is 5.89. The Kier molecular flexibility index (Phi) is 5.41. The summed E-state index contributed by atoms with van der Waals surface area (Å²) in [5, 5.41) is 2.74. The first-order valence-corrected chi connectivity index (χ1v) is 6.98. The highest BCUT2D eigenvalue weighted by atomic mass is 16.5. The molecule has 1 aromatic carbocycles. The maximum Gasteiger partial charge on any atom is 0.331 e. The number of rotatable bonds is 7. The van der Waals surface area contributed by atoms with Gasteiger partial charge in [-0.3, -0.25) is 4.79 Å². The Morgan fingerprint density at radius 3 is 2.68 bits per heavy atom. The zero-order valence-corrected chi connectivity index (χ0v) is 12.6. The zero-order chi connectivity index (χ0) is 15.9. The number of carbonyl (C=O) groups excluding carboxylic acids is 2. The van der Waals surface area contributed by atoms with Crippen molar-refractivity contribution in [2.75, 3.05) is 20.8 Å². The average Bonchev–Trinajstić information content (AvgIpc) is 3.34. The fraction of sp³-hybridized carbons (Fsp3) is 0.375. The van der Waals surface area contributed by atoms with Crippen molar-refractivity contribution < 1.29 is 23.8 Å². The number of hydrogen-bond donors (Lipinski definition) is 1. The van der Waals surface area contributed by atoms with Gasteiger partial charge in [0.25, 0.3) is 5.91 Å². The first-order valence-electron chi connectivity index (χ1n) is 6.98. The van der Waals surface area contributed by atoms with Crippen LogP contribution in [0.5, 0.6) is 11.5 Å². The van der Waals surface area contributed by atoms with Crippen molar-refractivity contribution in [1.29, 1.82) is 0 Å². The molecule has 118 valence electrons. The van der Waals surface area contributed by atoms with E-state index in [0.29, 0.717) is 17.1 Å². The first-order chi connectivity index (χ1) is 10.6. The van der Waals surface area contributed by atoms with Crippen LogP contribution in [0.4, 0.5) is 0 Å². The summed E-state index contributed by atoms with van der Waals surface area (Å²) in [5.74, 6) is 0.387. The average molecular weight is 305 g/mol. The maximum atomic E-state index is 11.6. The van der Waals surface area contributed by atoms with Crippen LogP contribution in [0.15, 0.2) is 24.3 Å². The Balaban J connectivity index is 1.87. The SMILES string of the molecule is COc1ccc(/C=C/C(=O)OCC(=O)NC2CC2)c(OC)c1. The predicted molar refractivity (Wildman–Crippen MR) is 80.7 cm³/mol. The van der Waals surface area contributed by atoms with Crippen LogP contribution in [-0.4, -0.2) is 38.7 Å². The van der Waals surface area contributed by atoms with Gasteiger partial charge in [0.05, 0.1) is 14.2 Å². The molecule has 1 N–H and O–H groups in total. The molecule has 1 fully saturated rings. The minimum absolute atomic E-state index is 0.255. The van der Waals surface area contributed by atoms with E-state index in [0.717, 1.165) is 12.8 Å². The third-order valence-electron chi connectivity index (χ3n) is 3.13. The highest BCUT2D eigenvalue weighted by Gasteiger charge is 2.23. The number of benzene rings is 1. The molecular formula is C16H19NO5. The zero-order valence-electron chi connectivity index (χ0n) is 12.6. The molecule has 2 rings (SSSR count). The van der Waals surface area contributed by atoms with Gasteiger partial charge >= 0.3 is 5.97 Å². The number of carbonyl (C=O) groups is 2. The Bertz CT molecular complexity index is 578. The fourth-order valence-electron chi connectivity index (χ4n) is 1.80. The smallest absolute Gasteiger partial charge is 0.331 e. The van der Waals surface area contributed by atoms with Gasteiger partial charge in [0.1, 0.15) is 11.5 Å². The third kappa shape index (κ3) is 4.80. The predicted octanol–water partition coefficient (Wildman–Crippen LogP) is 1.54. The number of methoxy groups -OCH3 is 2. The van der Waals surface area contributed by atoms with Gasteiger partial charge in [-0.1, -0.05) is 0 Å². The van der Waals surface area contributed by atoms with E-state index in [-0.39, 0.29) is 18.6 Å². The van der Waals surface area contributed by atoms with E-state index in [4.69, 9.17) is 14.2 Å². The summed E-state index contributed by atoms with van der Waals surface area (Å²) < 4.78 is 15.2. The number of amides is 1. The molecule has 1 saturated carbocycles. The van der Waals surface area contributed by atoms with Crippen molar-refractivity contribution in [3.63, 3.8) is 0 Å². The van der Waals surface area contributed by atoms with Crippen molar-refractivity contribution in [3.05, 3.63) is 29.8 Å². The van der Waals surface area contributed by atoms with Gasteiger partial charge in [-0.2, -0.15) is 0 Å². The Morgan fingerprint density at radius 1 is 1.27 bits per heavy atom. The van der Waals surface area contributed by atoms with Crippen molar-refractivity contribution >= 4 is 18.0 Å². The molecule has 0 saturated heterocycles. The van der Waals surface area contributed by atoms with Crippen LogP contribution in [0.2, 0.25) is 0 Å². The number of esters is 1. The van der Waals surface area contributed by atoms with Gasteiger partial charge in [-0.15, -0.1) is 0 Å². The van der Waals surface area contributed by atoms with E-state index in [2.05, 4.69) is 5.32 Å². The van der Waals surface area contributed by atoms with Crippen LogP contribution >= 0.6 is 0 Å². The second-order valence-corrected chi connectivity index (χ2v) is 4.89. The van der Waals surface area contributed by atoms with Gasteiger partial charge in [0.2, 0.25) is 0 Å². The maximum absolute atomic E-state index is 11.6. The van der Waals surface area contributed by atoms with Crippen LogP contribution < -0.4 is 14.8 Å². The molecule has 0 aliphatic heterocycles. The molecule has 22 heavy (non-hydrogen) atoms. The minimum Gasteiger partial charge on any atom is -0.497 e. The molecule has 6 nitrogen and oxygen atoms in total. The number of nitrogens with one attached hydrogen (secondary N) is 1. The molecule has 1 aromatic rings. The van der Waals surface area contributed by atoms with Gasteiger partial charge in [-0.05, 0) is 31.1 Å². The molecule has 1 aliphatic rings. The first kappa shape index (κ1) is 15.9. The molecular weight excluding hydrogens is 286 g/mol. The van der Waals surface area contributed by atoms with E-state index in [9.17, 15) is 9.59 Å². The molecule has 1 aliphatic carbocycles. The van der Waals surface area contributed by atoms with Crippen LogP contribution in [0.25, 0.3) is 6.08 Å². The molecule has 6 heteroatoms. The molecule has 0 aromatic heterocycles. The van der Waals surface area contributed by atoms with Crippen LogP contribution in [-0.2, 0) is 14.3 Å². The summed E-state index contributed by atoms with van der Waals surface area (Å²) >= 11 is 0. The summed E-state index contributed by atoms with van der Waals surface area (Å²) in [6.45, 7) is -0.264. The summed E-state index contributed by atoms with van der Waals surface area (Å²) in [5.41, 5.74) is 0.711. The van der Waals surface area contributed by atoms with E-state index in [1.165, 1.54) is 13.2 Å². The molecule has 0 spiro atoms. The molecule has 0 unspecified atom stereocenters. The summed E-state index contributed by atoms with van der Waals surface area (Å²) in [6.07, 6.45) is 4.82. The monoisotopic (exact) mass is 305 g/mol. The Labute approximate surface area is 129 Å². The molecule has 0 atom stereocenters. The Morgan fingerprint density at radius 2 is 2.05 bits per heavy atom. The van der Waals surface area contributed by atoms with Crippen LogP contribution in [0.1, 0.15) is 18.4 Å². The quantitative estimate of drug-likeness (QED) is 0.611. The molecule has 0 radical (unpaired) electrons. The van der Waals surface area contributed by atoms with Crippen molar-refractivity contribution in [2.24, 2.45) is 0 Å². The van der Waals surface area contributed by atoms with Gasteiger partial charge in [-0.25, -0.2) is 4.79 Å². The van der Waals surface area contributed by atoms with E-state index < -0.39 is 5.97 Å². The second kappa shape index (κ2) is 7.49. The van der Waals surface area contributed by atoms with Crippen molar-refractivity contribution in [3.8, 4) is 11.5 Å². The lowest BCUT2D eigenvalue weighted by atomic mass is 10.2. The topological polar surface area (TPSA) is 73.9 Å². The van der Waals surface area contributed by atoms with Gasteiger partial charge < -0.3 is 19.5 Å². The van der Waals surface area contributed by atoms with E-state index in [1.807, 2.05) is 0 Å². The molecule has 1 amide bonds. The van der Waals surface area contributed by atoms with Gasteiger partial charge in [0.15, 0.2) is 6.61 Å². The van der Waals surface area contributed by atoms with E-state index in [1.54, 1.807) is 31.4 Å². The third-order valence-corrected chi connectivity index (χ3v) is 3.13. The summed E-state index contributed by atoms with van der Waals surface area (Å²) in [7, 11) is 3.10. The molecule has 0 bridgehead atoms. The lowest BCUT2D eigenvalue weighted by molar-refractivity contribution is -0.143. The lowest BCUT2D eigenvalue weighted by Crippen LogP contribution is -2.30. The Hall–Kier alpha value is -2.50. The van der Waals surface area contributed by atoms with Crippen LogP contribution in [0, 0.1) is 0 Å². The normalized spacial score (nSPS) is 13.7. The van der Waals surface area contributed by atoms with Crippen LogP contribution in [0.3, 0.4) is 0 Å². The minimum atomic E-state index is -0.580. The number of hydrogen-bond acceptors (Lipinski definition) is 5. The lowest BCUT2D eigenvalue weighted by Gasteiger charge is -2.07. The largest absolute Gasteiger partial charge is 0.497 e. The van der Waals surface area contributed by atoms with Crippen molar-refractivity contribution in [2.45, 2.75) is 18.9 Å². The van der Waals surface area contributed by atoms with Crippen molar-refractivity contribution in [1.82, 2.24) is 5.32 Å².